The third-order valence-electron chi connectivity index (χ3n) is 4.59. The standard InChI is InChI=1S/C25H24FN3O3S/c1-2-3-15-32-22-13-7-17(8-14-22)23(30)29-25(33)28-21-6-4-5-18(16-21)24(31)27-20-11-9-19(26)10-12-20/h4-14,16H,2-3,15H2,1H3,(H,27,31)(H2,28,29,30,33). The van der Waals surface area contributed by atoms with Gasteiger partial charge in [0.1, 0.15) is 11.6 Å². The van der Waals surface area contributed by atoms with E-state index >= 15 is 0 Å². The van der Waals surface area contributed by atoms with E-state index in [0.29, 0.717) is 34.9 Å². The van der Waals surface area contributed by atoms with Crippen molar-refractivity contribution in [1.29, 1.82) is 0 Å². The summed E-state index contributed by atoms with van der Waals surface area (Å²) in [6.07, 6.45) is 2.02. The van der Waals surface area contributed by atoms with Crippen molar-refractivity contribution < 1.29 is 18.7 Å². The SMILES string of the molecule is CCCCOc1ccc(C(=O)NC(=S)Nc2cccc(C(=O)Nc3ccc(F)cc3)c2)cc1. The van der Waals surface area contributed by atoms with Gasteiger partial charge in [-0.1, -0.05) is 19.4 Å². The Labute approximate surface area is 197 Å². The first-order chi connectivity index (χ1) is 15.9. The maximum atomic E-state index is 13.0. The lowest BCUT2D eigenvalue weighted by atomic mass is 10.2. The van der Waals surface area contributed by atoms with Crippen molar-refractivity contribution in [2.45, 2.75) is 19.8 Å². The van der Waals surface area contributed by atoms with E-state index in [0.717, 1.165) is 12.8 Å². The summed E-state index contributed by atoms with van der Waals surface area (Å²) < 4.78 is 18.6. The van der Waals surface area contributed by atoms with Gasteiger partial charge in [0, 0.05) is 22.5 Å². The lowest BCUT2D eigenvalue weighted by Gasteiger charge is -2.11. The Morgan fingerprint density at radius 3 is 2.30 bits per heavy atom. The molecule has 0 atom stereocenters. The Balaban J connectivity index is 1.55. The van der Waals surface area contributed by atoms with Crippen LogP contribution in [-0.4, -0.2) is 23.5 Å². The van der Waals surface area contributed by atoms with Crippen molar-refractivity contribution in [3.63, 3.8) is 0 Å². The highest BCUT2D eigenvalue weighted by Gasteiger charge is 2.11. The molecule has 3 aromatic carbocycles. The number of ether oxygens (including phenoxy) is 1. The molecule has 3 N–H and O–H groups in total. The first-order valence-electron chi connectivity index (χ1n) is 10.5. The third-order valence-corrected chi connectivity index (χ3v) is 4.80. The van der Waals surface area contributed by atoms with E-state index in [9.17, 15) is 14.0 Å². The molecule has 0 fully saturated rings. The number of benzene rings is 3. The van der Waals surface area contributed by atoms with E-state index in [2.05, 4.69) is 22.9 Å². The van der Waals surface area contributed by atoms with E-state index in [1.165, 1.54) is 24.3 Å². The maximum absolute atomic E-state index is 13.0. The molecule has 8 heteroatoms. The average Bonchev–Trinajstić information content (AvgIpc) is 2.81. The summed E-state index contributed by atoms with van der Waals surface area (Å²) in [4.78, 5) is 24.9. The van der Waals surface area contributed by atoms with Gasteiger partial charge in [0.15, 0.2) is 5.11 Å². The Kier molecular flexibility index (Phi) is 8.49. The topological polar surface area (TPSA) is 79.5 Å². The average molecular weight is 466 g/mol. The quantitative estimate of drug-likeness (QED) is 0.307. The zero-order valence-corrected chi connectivity index (χ0v) is 18.9. The summed E-state index contributed by atoms with van der Waals surface area (Å²) >= 11 is 5.23. The Morgan fingerprint density at radius 1 is 0.879 bits per heavy atom. The van der Waals surface area contributed by atoms with Gasteiger partial charge in [0.05, 0.1) is 6.61 Å². The first kappa shape index (κ1) is 23.9. The first-order valence-corrected chi connectivity index (χ1v) is 10.9. The second kappa shape index (κ2) is 11.7. The normalized spacial score (nSPS) is 10.2. The van der Waals surface area contributed by atoms with Crippen molar-refractivity contribution in [2.24, 2.45) is 0 Å². The van der Waals surface area contributed by atoms with Crippen LogP contribution in [0.2, 0.25) is 0 Å². The summed E-state index contributed by atoms with van der Waals surface area (Å²) in [5.74, 6) is -0.401. The van der Waals surface area contributed by atoms with Crippen molar-refractivity contribution in [3.8, 4) is 5.75 Å². The van der Waals surface area contributed by atoms with Crippen LogP contribution >= 0.6 is 12.2 Å². The number of rotatable bonds is 8. The van der Waals surface area contributed by atoms with E-state index in [1.54, 1.807) is 48.5 Å². The number of anilines is 2. The van der Waals surface area contributed by atoms with Crippen molar-refractivity contribution in [1.82, 2.24) is 5.32 Å². The van der Waals surface area contributed by atoms with E-state index in [4.69, 9.17) is 17.0 Å². The van der Waals surface area contributed by atoms with Crippen molar-refractivity contribution in [2.75, 3.05) is 17.2 Å². The molecule has 0 heterocycles. The molecule has 0 aliphatic rings. The number of amides is 2. The number of hydrogen-bond acceptors (Lipinski definition) is 4. The molecule has 3 aromatic rings. The van der Waals surface area contributed by atoms with Gasteiger partial charge >= 0.3 is 0 Å². The zero-order valence-electron chi connectivity index (χ0n) is 18.1. The Morgan fingerprint density at radius 2 is 1.61 bits per heavy atom. The lowest BCUT2D eigenvalue weighted by Crippen LogP contribution is -2.34. The molecule has 0 radical (unpaired) electrons. The molecule has 0 aliphatic heterocycles. The monoisotopic (exact) mass is 465 g/mol. The molecule has 170 valence electrons. The highest BCUT2D eigenvalue weighted by Crippen LogP contribution is 2.15. The zero-order chi connectivity index (χ0) is 23.6. The molecule has 0 spiro atoms. The lowest BCUT2D eigenvalue weighted by molar-refractivity contribution is 0.0976. The van der Waals surface area contributed by atoms with Gasteiger partial charge in [-0.25, -0.2) is 4.39 Å². The van der Waals surface area contributed by atoms with Crippen LogP contribution < -0.4 is 20.7 Å². The van der Waals surface area contributed by atoms with Crippen LogP contribution in [0.5, 0.6) is 5.75 Å². The van der Waals surface area contributed by atoms with Crippen molar-refractivity contribution in [3.05, 3.63) is 89.7 Å². The molecule has 6 nitrogen and oxygen atoms in total. The Bertz CT molecular complexity index is 1120. The minimum Gasteiger partial charge on any atom is -0.494 e. The summed E-state index contributed by atoms with van der Waals surface area (Å²) in [5, 5.41) is 8.31. The number of halogens is 1. The van der Waals surface area contributed by atoms with Crippen LogP contribution in [0.3, 0.4) is 0 Å². The molecule has 0 aromatic heterocycles. The van der Waals surface area contributed by atoms with Crippen LogP contribution in [0.15, 0.2) is 72.8 Å². The van der Waals surface area contributed by atoms with Gasteiger partial charge in [-0.3, -0.25) is 14.9 Å². The van der Waals surface area contributed by atoms with Crippen LogP contribution in [-0.2, 0) is 0 Å². The van der Waals surface area contributed by atoms with Gasteiger partial charge in [-0.05, 0) is 85.4 Å². The molecule has 0 saturated heterocycles. The van der Waals surface area contributed by atoms with Gasteiger partial charge in [0.25, 0.3) is 11.8 Å². The van der Waals surface area contributed by atoms with Gasteiger partial charge in [-0.2, -0.15) is 0 Å². The molecule has 0 unspecified atom stereocenters. The maximum Gasteiger partial charge on any atom is 0.257 e. The summed E-state index contributed by atoms with van der Waals surface area (Å²) in [5.41, 5.74) is 1.82. The number of hydrogen-bond donors (Lipinski definition) is 3. The number of carbonyl (C=O) groups excluding carboxylic acids is 2. The number of unbranched alkanes of at least 4 members (excludes halogenated alkanes) is 1. The van der Waals surface area contributed by atoms with Gasteiger partial charge < -0.3 is 15.4 Å². The fourth-order valence-corrected chi connectivity index (χ4v) is 3.06. The van der Waals surface area contributed by atoms with E-state index in [1.807, 2.05) is 0 Å². The number of nitrogens with one attached hydrogen (secondary N) is 3. The summed E-state index contributed by atoms with van der Waals surface area (Å²) in [6.45, 7) is 2.73. The van der Waals surface area contributed by atoms with E-state index in [-0.39, 0.29) is 22.7 Å². The molecule has 0 bridgehead atoms. The van der Waals surface area contributed by atoms with Gasteiger partial charge in [0.2, 0.25) is 0 Å². The molecule has 2 amide bonds. The highest BCUT2D eigenvalue weighted by atomic mass is 32.1. The minimum atomic E-state index is -0.383. The molecule has 0 saturated carbocycles. The molecular weight excluding hydrogens is 441 g/mol. The van der Waals surface area contributed by atoms with Crippen molar-refractivity contribution >= 4 is 40.5 Å². The molecule has 33 heavy (non-hydrogen) atoms. The van der Waals surface area contributed by atoms with Crippen LogP contribution in [0.1, 0.15) is 40.5 Å². The van der Waals surface area contributed by atoms with Gasteiger partial charge in [-0.15, -0.1) is 0 Å². The summed E-state index contributed by atoms with van der Waals surface area (Å²) in [6, 6.07) is 18.9. The predicted molar refractivity (Wildman–Crippen MR) is 131 cm³/mol. The van der Waals surface area contributed by atoms with Crippen LogP contribution in [0, 0.1) is 5.82 Å². The second-order valence-corrected chi connectivity index (χ2v) is 7.58. The molecular formula is C25H24FN3O3S. The molecule has 3 rings (SSSR count). The molecule has 0 aliphatic carbocycles. The highest BCUT2D eigenvalue weighted by molar-refractivity contribution is 7.80. The largest absolute Gasteiger partial charge is 0.494 e. The van der Waals surface area contributed by atoms with Crippen LogP contribution in [0.25, 0.3) is 0 Å². The van der Waals surface area contributed by atoms with Crippen LogP contribution in [0.4, 0.5) is 15.8 Å². The summed E-state index contributed by atoms with van der Waals surface area (Å²) in [7, 11) is 0. The third kappa shape index (κ3) is 7.40. The Hall–Kier alpha value is -3.78. The fourth-order valence-electron chi connectivity index (χ4n) is 2.85. The predicted octanol–water partition coefficient (Wildman–Crippen LogP) is 5.38. The number of thiocarbonyl (C=S) groups is 1. The fraction of sp³-hybridized carbons (Fsp3) is 0.160. The minimum absolute atomic E-state index is 0.0966. The second-order valence-electron chi connectivity index (χ2n) is 7.18. The van der Waals surface area contributed by atoms with E-state index < -0.39 is 0 Å². The number of carbonyl (C=O) groups is 2. The smallest absolute Gasteiger partial charge is 0.257 e.